The van der Waals surface area contributed by atoms with Gasteiger partial charge in [0.25, 0.3) is 0 Å². The quantitative estimate of drug-likeness (QED) is 0.629. The molecule has 27 heavy (non-hydrogen) atoms. The molecule has 2 rings (SSSR count). The topological polar surface area (TPSA) is 80.9 Å². The van der Waals surface area contributed by atoms with Crippen LogP contribution in [0.15, 0.2) is 24.3 Å². The van der Waals surface area contributed by atoms with E-state index in [0.29, 0.717) is 11.1 Å². The van der Waals surface area contributed by atoms with Crippen molar-refractivity contribution in [1.29, 1.82) is 0 Å². The molecule has 0 spiro atoms. The maximum Gasteiger partial charge on any atom is 0.128 e. The third-order valence-electron chi connectivity index (χ3n) is 6.29. The number of aryl methyl sites for hydroxylation is 4. The average Bonchev–Trinajstić information content (AvgIpc) is 2.64. The van der Waals surface area contributed by atoms with Crippen molar-refractivity contribution in [3.05, 3.63) is 68.8 Å². The average molecular weight is 373 g/mol. The second kappa shape index (κ2) is 7.72. The van der Waals surface area contributed by atoms with Gasteiger partial charge in [-0.25, -0.2) is 0 Å². The van der Waals surface area contributed by atoms with Crippen LogP contribution in [0.3, 0.4) is 0 Å². The molecule has 0 radical (unpaired) electrons. The first kappa shape index (κ1) is 21.6. The Hall–Kier alpha value is -1.72. The van der Waals surface area contributed by atoms with Crippen molar-refractivity contribution >= 4 is 0 Å². The molecular formula is C23H32O4. The SMILES string of the molecule is Cc1ccc(C)c(C(O)(c2c(C)ccc(C)c2C)C(CO)(CO)CO)c1C. The highest BCUT2D eigenvalue weighted by Crippen LogP contribution is 2.50. The standard InChI is InChI=1S/C23H32O4/c1-14-7-9-16(3)20(18(14)5)23(27,22(11-24,12-25)13-26)21-17(4)10-8-15(2)19(21)6/h7-10,24-27H,11-13H2,1-6H3. The molecule has 4 nitrogen and oxygen atoms in total. The number of rotatable bonds is 6. The van der Waals surface area contributed by atoms with Crippen LogP contribution in [0.1, 0.15) is 44.5 Å². The number of hydrogen-bond acceptors (Lipinski definition) is 4. The van der Waals surface area contributed by atoms with Gasteiger partial charge in [0.1, 0.15) is 5.60 Å². The Balaban J connectivity index is 3.10. The first-order valence-electron chi connectivity index (χ1n) is 9.30. The molecule has 0 aromatic heterocycles. The summed E-state index contributed by atoms with van der Waals surface area (Å²) in [6.07, 6.45) is 0. The second-order valence-electron chi connectivity index (χ2n) is 7.86. The summed E-state index contributed by atoms with van der Waals surface area (Å²) in [5.74, 6) is 0. The zero-order chi connectivity index (χ0) is 20.6. The molecule has 4 heteroatoms. The van der Waals surface area contributed by atoms with Crippen LogP contribution in [0.4, 0.5) is 0 Å². The van der Waals surface area contributed by atoms with E-state index in [-0.39, 0.29) is 0 Å². The molecule has 148 valence electrons. The summed E-state index contributed by atoms with van der Waals surface area (Å²) in [7, 11) is 0. The normalized spacial score (nSPS) is 12.5. The first-order chi connectivity index (χ1) is 12.6. The van der Waals surface area contributed by atoms with Crippen LogP contribution in [0.2, 0.25) is 0 Å². The van der Waals surface area contributed by atoms with Gasteiger partial charge in [0.05, 0.1) is 25.2 Å². The van der Waals surface area contributed by atoms with Crippen molar-refractivity contribution in [2.75, 3.05) is 19.8 Å². The Morgan fingerprint density at radius 3 is 1.19 bits per heavy atom. The fourth-order valence-corrected chi connectivity index (χ4v) is 4.16. The van der Waals surface area contributed by atoms with Gasteiger partial charge in [0, 0.05) is 0 Å². The lowest BCUT2D eigenvalue weighted by Crippen LogP contribution is -2.55. The van der Waals surface area contributed by atoms with Crippen molar-refractivity contribution in [2.24, 2.45) is 5.41 Å². The molecule has 0 amide bonds. The number of aliphatic hydroxyl groups is 4. The summed E-state index contributed by atoms with van der Waals surface area (Å²) in [5, 5.41) is 43.1. The minimum atomic E-state index is -1.76. The van der Waals surface area contributed by atoms with Crippen LogP contribution in [-0.4, -0.2) is 40.2 Å². The Morgan fingerprint density at radius 2 is 0.889 bits per heavy atom. The molecule has 0 saturated carbocycles. The van der Waals surface area contributed by atoms with Crippen molar-refractivity contribution in [1.82, 2.24) is 0 Å². The molecule has 0 heterocycles. The Kier molecular flexibility index (Phi) is 6.17. The predicted molar refractivity (Wildman–Crippen MR) is 108 cm³/mol. The Bertz CT molecular complexity index is 769. The van der Waals surface area contributed by atoms with Crippen LogP contribution in [0.5, 0.6) is 0 Å². The van der Waals surface area contributed by atoms with E-state index in [1.807, 2.05) is 65.8 Å². The number of benzene rings is 2. The van der Waals surface area contributed by atoms with E-state index < -0.39 is 30.8 Å². The fourth-order valence-electron chi connectivity index (χ4n) is 4.16. The van der Waals surface area contributed by atoms with Gasteiger partial charge in [-0.2, -0.15) is 0 Å². The van der Waals surface area contributed by atoms with Crippen molar-refractivity contribution in [3.63, 3.8) is 0 Å². The van der Waals surface area contributed by atoms with E-state index in [0.717, 1.165) is 33.4 Å². The van der Waals surface area contributed by atoms with E-state index in [1.165, 1.54) is 0 Å². The summed E-state index contributed by atoms with van der Waals surface area (Å²) in [6.45, 7) is 9.93. The van der Waals surface area contributed by atoms with Gasteiger partial charge in [-0.05, 0) is 86.1 Å². The highest BCUT2D eigenvalue weighted by Gasteiger charge is 2.54. The van der Waals surface area contributed by atoms with E-state index in [2.05, 4.69) is 0 Å². The lowest BCUT2D eigenvalue weighted by molar-refractivity contribution is -0.137. The molecule has 4 N–H and O–H groups in total. The summed E-state index contributed by atoms with van der Waals surface area (Å²) >= 11 is 0. The summed E-state index contributed by atoms with van der Waals surface area (Å²) in [5.41, 5.74) is 3.44. The summed E-state index contributed by atoms with van der Waals surface area (Å²) in [6, 6.07) is 7.84. The van der Waals surface area contributed by atoms with E-state index in [1.54, 1.807) is 0 Å². The zero-order valence-electron chi connectivity index (χ0n) is 17.2. The van der Waals surface area contributed by atoms with E-state index in [9.17, 15) is 20.4 Å². The number of hydrogen-bond donors (Lipinski definition) is 4. The molecule has 0 aliphatic rings. The maximum absolute atomic E-state index is 12.4. The van der Waals surface area contributed by atoms with Gasteiger partial charge in [0.2, 0.25) is 0 Å². The largest absolute Gasteiger partial charge is 0.395 e. The Labute approximate surface area is 162 Å². The van der Waals surface area contributed by atoms with Crippen LogP contribution in [0.25, 0.3) is 0 Å². The van der Waals surface area contributed by atoms with Crippen molar-refractivity contribution in [2.45, 2.75) is 47.1 Å². The molecule has 0 aliphatic carbocycles. The molecule has 0 aliphatic heterocycles. The second-order valence-corrected chi connectivity index (χ2v) is 7.86. The maximum atomic E-state index is 12.4. The Morgan fingerprint density at radius 1 is 0.593 bits per heavy atom. The predicted octanol–water partition coefficient (Wildman–Crippen LogP) is 2.74. The van der Waals surface area contributed by atoms with Crippen LogP contribution in [0, 0.1) is 47.0 Å². The van der Waals surface area contributed by atoms with Gasteiger partial charge in [0.15, 0.2) is 0 Å². The highest BCUT2D eigenvalue weighted by atomic mass is 16.3. The zero-order valence-corrected chi connectivity index (χ0v) is 17.2. The minimum absolute atomic E-state index is 0.559. The molecule has 2 aromatic rings. The minimum Gasteiger partial charge on any atom is -0.395 e. The van der Waals surface area contributed by atoms with Gasteiger partial charge in [-0.1, -0.05) is 24.3 Å². The van der Waals surface area contributed by atoms with Crippen LogP contribution >= 0.6 is 0 Å². The molecule has 0 saturated heterocycles. The third-order valence-corrected chi connectivity index (χ3v) is 6.29. The molecule has 0 unspecified atom stereocenters. The smallest absolute Gasteiger partial charge is 0.128 e. The lowest BCUT2D eigenvalue weighted by atomic mass is 9.62. The van der Waals surface area contributed by atoms with Gasteiger partial charge < -0.3 is 20.4 Å². The van der Waals surface area contributed by atoms with E-state index >= 15 is 0 Å². The number of aliphatic hydroxyl groups excluding tert-OH is 3. The first-order valence-corrected chi connectivity index (χ1v) is 9.30. The van der Waals surface area contributed by atoms with Gasteiger partial charge in [-0.15, -0.1) is 0 Å². The van der Waals surface area contributed by atoms with E-state index in [4.69, 9.17) is 0 Å². The van der Waals surface area contributed by atoms with Crippen LogP contribution < -0.4 is 0 Å². The lowest BCUT2D eigenvalue weighted by Gasteiger charge is -2.48. The molecular weight excluding hydrogens is 340 g/mol. The van der Waals surface area contributed by atoms with Crippen molar-refractivity contribution in [3.8, 4) is 0 Å². The molecule has 0 atom stereocenters. The van der Waals surface area contributed by atoms with Crippen LogP contribution in [-0.2, 0) is 5.60 Å². The fraction of sp³-hybridized carbons (Fsp3) is 0.478. The van der Waals surface area contributed by atoms with Crippen molar-refractivity contribution < 1.29 is 20.4 Å². The monoisotopic (exact) mass is 372 g/mol. The summed E-state index contributed by atoms with van der Waals surface area (Å²) < 4.78 is 0. The van der Waals surface area contributed by atoms with Gasteiger partial charge in [-0.3, -0.25) is 0 Å². The molecule has 0 fully saturated rings. The molecule has 2 aromatic carbocycles. The molecule has 0 bridgehead atoms. The third kappa shape index (κ3) is 3.11. The van der Waals surface area contributed by atoms with Gasteiger partial charge >= 0.3 is 0 Å². The summed E-state index contributed by atoms with van der Waals surface area (Å²) in [4.78, 5) is 0. The highest BCUT2D eigenvalue weighted by molar-refractivity contribution is 5.55.